The summed E-state index contributed by atoms with van der Waals surface area (Å²) >= 11 is 0. The molecule has 0 aliphatic carbocycles. The molecule has 118 valence electrons. The van der Waals surface area contributed by atoms with Crippen LogP contribution in [-0.2, 0) is 0 Å². The maximum absolute atomic E-state index is 12.3. The van der Waals surface area contributed by atoms with E-state index < -0.39 is 0 Å². The van der Waals surface area contributed by atoms with Crippen molar-refractivity contribution in [3.63, 3.8) is 0 Å². The Hall–Kier alpha value is -2.90. The number of carbonyl (C=O) groups is 1. The molecular weight excluding hydrogens is 296 g/mol. The number of aromatic nitrogens is 4. The summed E-state index contributed by atoms with van der Waals surface area (Å²) in [7, 11) is 0. The van der Waals surface area contributed by atoms with Gasteiger partial charge in [-0.1, -0.05) is 0 Å². The van der Waals surface area contributed by atoms with E-state index in [0.29, 0.717) is 18.8 Å². The lowest BCUT2D eigenvalue weighted by atomic mass is 10.2. The Morgan fingerprint density at radius 1 is 1.26 bits per heavy atom. The first-order valence-corrected chi connectivity index (χ1v) is 7.48. The number of rotatable bonds is 2. The highest BCUT2D eigenvalue weighted by atomic mass is 16.3. The van der Waals surface area contributed by atoms with E-state index in [1.807, 2.05) is 17.9 Å². The molecule has 0 N–H and O–H groups in total. The Bertz CT molecular complexity index is 833. The van der Waals surface area contributed by atoms with Crippen molar-refractivity contribution in [3.05, 3.63) is 42.2 Å². The molecule has 3 aromatic heterocycles. The molecule has 0 unspecified atom stereocenters. The summed E-state index contributed by atoms with van der Waals surface area (Å²) in [6.07, 6.45) is 3.12. The van der Waals surface area contributed by atoms with Gasteiger partial charge in [-0.3, -0.25) is 4.79 Å². The Labute approximate surface area is 132 Å². The number of piperazine rings is 1. The summed E-state index contributed by atoms with van der Waals surface area (Å²) < 4.78 is 6.87. The van der Waals surface area contributed by atoms with Crippen molar-refractivity contribution in [3.8, 4) is 0 Å². The second-order valence-corrected chi connectivity index (χ2v) is 5.53. The summed E-state index contributed by atoms with van der Waals surface area (Å²) in [6, 6.07) is 5.43. The van der Waals surface area contributed by atoms with Gasteiger partial charge in [0.2, 0.25) is 5.65 Å². The molecule has 1 amide bonds. The highest BCUT2D eigenvalue weighted by Gasteiger charge is 2.25. The van der Waals surface area contributed by atoms with E-state index in [1.54, 1.807) is 23.0 Å². The predicted octanol–water partition coefficient (Wildman–Crippen LogP) is 0.988. The van der Waals surface area contributed by atoms with Crippen LogP contribution in [0, 0.1) is 6.92 Å². The molecule has 1 fully saturated rings. The van der Waals surface area contributed by atoms with Crippen LogP contribution >= 0.6 is 0 Å². The molecule has 1 saturated heterocycles. The maximum Gasteiger partial charge on any atom is 0.289 e. The van der Waals surface area contributed by atoms with Gasteiger partial charge in [-0.05, 0) is 25.1 Å². The van der Waals surface area contributed by atoms with Gasteiger partial charge in [0, 0.05) is 26.2 Å². The lowest BCUT2D eigenvalue weighted by molar-refractivity contribution is 0.0715. The average Bonchev–Trinajstić information content (AvgIpc) is 3.25. The van der Waals surface area contributed by atoms with E-state index >= 15 is 0 Å². The number of anilines is 1. The Kier molecular flexibility index (Phi) is 3.22. The number of furan rings is 1. The zero-order valence-corrected chi connectivity index (χ0v) is 12.7. The van der Waals surface area contributed by atoms with Crippen LogP contribution in [0.4, 0.5) is 5.69 Å². The number of carbonyl (C=O) groups excluding carboxylic acids is 1. The van der Waals surface area contributed by atoms with Gasteiger partial charge < -0.3 is 14.2 Å². The molecule has 23 heavy (non-hydrogen) atoms. The zero-order chi connectivity index (χ0) is 15.8. The molecule has 8 nitrogen and oxygen atoms in total. The fraction of sp³-hybridized carbons (Fsp3) is 0.333. The number of hydrogen-bond acceptors (Lipinski definition) is 6. The van der Waals surface area contributed by atoms with Gasteiger partial charge in [-0.25, -0.2) is 0 Å². The van der Waals surface area contributed by atoms with Crippen molar-refractivity contribution in [2.75, 3.05) is 31.1 Å². The van der Waals surface area contributed by atoms with Crippen molar-refractivity contribution in [1.29, 1.82) is 0 Å². The van der Waals surface area contributed by atoms with Crippen LogP contribution in [0.1, 0.15) is 16.2 Å². The molecule has 1 aliphatic heterocycles. The second kappa shape index (κ2) is 5.38. The lowest BCUT2D eigenvalue weighted by Crippen LogP contribution is -2.48. The van der Waals surface area contributed by atoms with Crippen molar-refractivity contribution in [2.24, 2.45) is 0 Å². The molecule has 4 rings (SSSR count). The molecule has 0 bridgehead atoms. The Morgan fingerprint density at radius 2 is 2.09 bits per heavy atom. The summed E-state index contributed by atoms with van der Waals surface area (Å²) in [5, 5.41) is 12.4. The third kappa shape index (κ3) is 2.41. The number of nitrogens with zero attached hydrogens (tertiary/aromatic N) is 6. The molecule has 0 saturated carbocycles. The first-order valence-electron chi connectivity index (χ1n) is 7.48. The SMILES string of the molecule is Cc1cc(N2CCN(C(=O)c3ccco3)CC2)c2nncn2n1. The van der Waals surface area contributed by atoms with E-state index in [-0.39, 0.29) is 5.91 Å². The van der Waals surface area contributed by atoms with Crippen molar-refractivity contribution in [1.82, 2.24) is 24.7 Å². The topological polar surface area (TPSA) is 79.8 Å². The Balaban J connectivity index is 1.53. The number of fused-ring (bicyclic) bond motifs is 1. The summed E-state index contributed by atoms with van der Waals surface area (Å²) in [4.78, 5) is 16.3. The van der Waals surface area contributed by atoms with E-state index in [1.165, 1.54) is 6.26 Å². The van der Waals surface area contributed by atoms with Crippen LogP contribution in [0.5, 0.6) is 0 Å². The summed E-state index contributed by atoms with van der Waals surface area (Å²) in [5.74, 6) is 0.325. The molecular formula is C15H16N6O2. The van der Waals surface area contributed by atoms with Gasteiger partial charge >= 0.3 is 0 Å². The minimum absolute atomic E-state index is 0.0619. The average molecular weight is 312 g/mol. The first-order chi connectivity index (χ1) is 11.2. The van der Waals surface area contributed by atoms with Crippen molar-refractivity contribution < 1.29 is 9.21 Å². The van der Waals surface area contributed by atoms with E-state index in [4.69, 9.17) is 4.42 Å². The number of aryl methyl sites for hydroxylation is 1. The van der Waals surface area contributed by atoms with Crippen molar-refractivity contribution >= 4 is 17.2 Å². The number of hydrogen-bond donors (Lipinski definition) is 0. The van der Waals surface area contributed by atoms with Crippen LogP contribution in [-0.4, -0.2) is 56.8 Å². The fourth-order valence-corrected chi connectivity index (χ4v) is 2.87. The molecule has 0 spiro atoms. The predicted molar refractivity (Wildman–Crippen MR) is 82.3 cm³/mol. The van der Waals surface area contributed by atoms with Crippen LogP contribution in [0.3, 0.4) is 0 Å². The van der Waals surface area contributed by atoms with Gasteiger partial charge in [0.15, 0.2) is 5.76 Å². The van der Waals surface area contributed by atoms with Crippen LogP contribution in [0.2, 0.25) is 0 Å². The number of amides is 1. The third-order valence-electron chi connectivity index (χ3n) is 4.01. The van der Waals surface area contributed by atoms with Crippen LogP contribution in [0.15, 0.2) is 35.2 Å². The Morgan fingerprint density at radius 3 is 2.83 bits per heavy atom. The van der Waals surface area contributed by atoms with Crippen LogP contribution < -0.4 is 4.90 Å². The smallest absolute Gasteiger partial charge is 0.289 e. The highest BCUT2D eigenvalue weighted by molar-refractivity contribution is 5.91. The maximum atomic E-state index is 12.3. The zero-order valence-electron chi connectivity index (χ0n) is 12.7. The van der Waals surface area contributed by atoms with Gasteiger partial charge in [0.05, 0.1) is 17.6 Å². The highest BCUT2D eigenvalue weighted by Crippen LogP contribution is 2.22. The molecule has 1 aliphatic rings. The van der Waals surface area contributed by atoms with Crippen LogP contribution in [0.25, 0.3) is 5.65 Å². The standard InChI is InChI=1S/C15H16N6O2/c1-11-9-12(14-17-16-10-21(14)18-11)19-4-6-20(7-5-19)15(22)13-3-2-8-23-13/h2-3,8-10H,4-7H2,1H3. The molecule has 4 heterocycles. The normalized spacial score (nSPS) is 15.3. The minimum atomic E-state index is -0.0619. The van der Waals surface area contributed by atoms with Gasteiger partial charge in [-0.15, -0.1) is 10.2 Å². The van der Waals surface area contributed by atoms with Gasteiger partial charge in [0.25, 0.3) is 5.91 Å². The molecule has 8 heteroatoms. The first kappa shape index (κ1) is 13.7. The summed E-state index contributed by atoms with van der Waals surface area (Å²) in [5.41, 5.74) is 2.64. The molecule has 0 radical (unpaired) electrons. The fourth-order valence-electron chi connectivity index (χ4n) is 2.87. The summed E-state index contributed by atoms with van der Waals surface area (Å²) in [6.45, 7) is 4.69. The minimum Gasteiger partial charge on any atom is -0.459 e. The second-order valence-electron chi connectivity index (χ2n) is 5.53. The quantitative estimate of drug-likeness (QED) is 0.702. The van der Waals surface area contributed by atoms with E-state index in [9.17, 15) is 4.79 Å². The van der Waals surface area contributed by atoms with Gasteiger partial charge in [0.1, 0.15) is 6.33 Å². The molecule has 3 aromatic rings. The third-order valence-corrected chi connectivity index (χ3v) is 4.01. The van der Waals surface area contributed by atoms with Gasteiger partial charge in [-0.2, -0.15) is 9.61 Å². The van der Waals surface area contributed by atoms with E-state index in [2.05, 4.69) is 20.2 Å². The molecule has 0 aromatic carbocycles. The van der Waals surface area contributed by atoms with Crippen molar-refractivity contribution in [2.45, 2.75) is 6.92 Å². The lowest BCUT2D eigenvalue weighted by Gasteiger charge is -2.35. The van der Waals surface area contributed by atoms with E-state index in [0.717, 1.165) is 30.1 Å². The largest absolute Gasteiger partial charge is 0.459 e. The monoisotopic (exact) mass is 312 g/mol. The molecule has 0 atom stereocenters.